The van der Waals surface area contributed by atoms with Gasteiger partial charge in [0.2, 0.25) is 0 Å². The molecule has 0 radical (unpaired) electrons. The number of rotatable bonds is 7. The van der Waals surface area contributed by atoms with E-state index >= 15 is 0 Å². The standard InChI is InChI=1S/C17H24N2O/c1-5-14(12-19-11-13(2)3)8-15-6-7-17(20-4)16(9-15)10-18/h6-9,13,19H,5,11-12H2,1-4H3. The van der Waals surface area contributed by atoms with Gasteiger partial charge < -0.3 is 10.1 Å². The van der Waals surface area contributed by atoms with Crippen molar-refractivity contribution in [1.29, 1.82) is 5.26 Å². The zero-order valence-corrected chi connectivity index (χ0v) is 12.9. The van der Waals surface area contributed by atoms with Crippen molar-refractivity contribution in [3.05, 3.63) is 34.9 Å². The van der Waals surface area contributed by atoms with E-state index in [0.29, 0.717) is 17.2 Å². The molecule has 0 saturated carbocycles. The molecular weight excluding hydrogens is 248 g/mol. The molecule has 0 aromatic heterocycles. The predicted molar refractivity (Wildman–Crippen MR) is 83.7 cm³/mol. The Hall–Kier alpha value is -1.79. The Morgan fingerprint density at radius 3 is 2.75 bits per heavy atom. The van der Waals surface area contributed by atoms with Gasteiger partial charge in [0.05, 0.1) is 12.7 Å². The van der Waals surface area contributed by atoms with Crippen LogP contribution >= 0.6 is 0 Å². The summed E-state index contributed by atoms with van der Waals surface area (Å²) in [6.45, 7) is 8.46. The molecule has 20 heavy (non-hydrogen) atoms. The molecule has 0 aliphatic rings. The van der Waals surface area contributed by atoms with Gasteiger partial charge in [0.15, 0.2) is 0 Å². The monoisotopic (exact) mass is 272 g/mol. The highest BCUT2D eigenvalue weighted by atomic mass is 16.5. The Morgan fingerprint density at radius 1 is 1.45 bits per heavy atom. The van der Waals surface area contributed by atoms with Crippen LogP contribution in [0.25, 0.3) is 6.08 Å². The molecule has 0 unspecified atom stereocenters. The first-order valence-corrected chi connectivity index (χ1v) is 7.09. The fraction of sp³-hybridized carbons (Fsp3) is 0.471. The molecule has 0 fully saturated rings. The molecular formula is C17H24N2O. The van der Waals surface area contributed by atoms with E-state index < -0.39 is 0 Å². The van der Waals surface area contributed by atoms with Crippen molar-refractivity contribution >= 4 is 6.08 Å². The number of ether oxygens (including phenoxy) is 1. The minimum Gasteiger partial charge on any atom is -0.495 e. The van der Waals surface area contributed by atoms with Crippen LogP contribution in [0.4, 0.5) is 0 Å². The number of benzene rings is 1. The average Bonchev–Trinajstić information content (AvgIpc) is 2.45. The van der Waals surface area contributed by atoms with E-state index in [9.17, 15) is 0 Å². The van der Waals surface area contributed by atoms with Crippen molar-refractivity contribution < 1.29 is 4.74 Å². The van der Waals surface area contributed by atoms with Gasteiger partial charge in [0.1, 0.15) is 11.8 Å². The molecule has 0 heterocycles. The van der Waals surface area contributed by atoms with Crippen LogP contribution in [0, 0.1) is 17.2 Å². The van der Waals surface area contributed by atoms with E-state index in [4.69, 9.17) is 10.00 Å². The third kappa shape index (κ3) is 5.07. The fourth-order valence-electron chi connectivity index (χ4n) is 1.94. The first-order valence-electron chi connectivity index (χ1n) is 7.09. The van der Waals surface area contributed by atoms with Gasteiger partial charge in [-0.05, 0) is 36.6 Å². The second-order valence-corrected chi connectivity index (χ2v) is 5.25. The van der Waals surface area contributed by atoms with Crippen LogP contribution < -0.4 is 10.1 Å². The Labute approximate surface area is 122 Å². The molecule has 1 N–H and O–H groups in total. The van der Waals surface area contributed by atoms with Gasteiger partial charge in [0, 0.05) is 6.54 Å². The SMILES string of the molecule is CCC(=Cc1ccc(OC)c(C#N)c1)CNCC(C)C. The molecule has 0 aliphatic carbocycles. The van der Waals surface area contributed by atoms with Crippen molar-refractivity contribution in [3.63, 3.8) is 0 Å². The van der Waals surface area contributed by atoms with Gasteiger partial charge in [-0.15, -0.1) is 0 Å². The first-order chi connectivity index (χ1) is 9.60. The normalized spacial score (nSPS) is 11.5. The third-order valence-electron chi connectivity index (χ3n) is 3.07. The molecule has 3 heteroatoms. The smallest absolute Gasteiger partial charge is 0.136 e. The summed E-state index contributed by atoms with van der Waals surface area (Å²) in [5.74, 6) is 1.28. The van der Waals surface area contributed by atoms with Gasteiger partial charge >= 0.3 is 0 Å². The topological polar surface area (TPSA) is 45.0 Å². The molecule has 0 amide bonds. The van der Waals surface area contributed by atoms with Gasteiger partial charge in [-0.3, -0.25) is 0 Å². The summed E-state index contributed by atoms with van der Waals surface area (Å²) in [4.78, 5) is 0. The Kier molecular flexibility index (Phi) is 6.83. The van der Waals surface area contributed by atoms with E-state index in [2.05, 4.69) is 38.2 Å². The van der Waals surface area contributed by atoms with E-state index in [-0.39, 0.29) is 0 Å². The quantitative estimate of drug-likeness (QED) is 0.824. The molecule has 3 nitrogen and oxygen atoms in total. The van der Waals surface area contributed by atoms with Crippen LogP contribution in [-0.2, 0) is 0 Å². The van der Waals surface area contributed by atoms with Crippen molar-refractivity contribution in [2.45, 2.75) is 27.2 Å². The number of nitrogens with zero attached hydrogens (tertiary/aromatic N) is 1. The number of methoxy groups -OCH3 is 1. The van der Waals surface area contributed by atoms with Crippen molar-refractivity contribution in [1.82, 2.24) is 5.32 Å². The van der Waals surface area contributed by atoms with E-state index in [1.54, 1.807) is 7.11 Å². The summed E-state index contributed by atoms with van der Waals surface area (Å²) in [5, 5.41) is 12.6. The molecule has 1 aromatic rings. The van der Waals surface area contributed by atoms with Crippen LogP contribution in [-0.4, -0.2) is 20.2 Å². The van der Waals surface area contributed by atoms with Gasteiger partial charge in [-0.2, -0.15) is 5.26 Å². The minimum absolute atomic E-state index is 0.576. The molecule has 0 saturated heterocycles. The lowest BCUT2D eigenvalue weighted by Crippen LogP contribution is -2.21. The lowest BCUT2D eigenvalue weighted by molar-refractivity contribution is 0.413. The lowest BCUT2D eigenvalue weighted by atomic mass is 10.1. The summed E-state index contributed by atoms with van der Waals surface area (Å²) in [6.07, 6.45) is 3.15. The van der Waals surface area contributed by atoms with Crippen molar-refractivity contribution in [3.8, 4) is 11.8 Å². The second kappa shape index (κ2) is 8.39. The lowest BCUT2D eigenvalue weighted by Gasteiger charge is -2.10. The van der Waals surface area contributed by atoms with Crippen LogP contribution in [0.1, 0.15) is 38.3 Å². The third-order valence-corrected chi connectivity index (χ3v) is 3.07. The number of nitrogens with one attached hydrogen (secondary N) is 1. The average molecular weight is 272 g/mol. The molecule has 108 valence electrons. The molecule has 1 rings (SSSR count). The molecule has 0 aliphatic heterocycles. The molecule has 0 spiro atoms. The van der Waals surface area contributed by atoms with E-state index in [1.165, 1.54) is 5.57 Å². The minimum atomic E-state index is 0.576. The molecule has 1 aromatic carbocycles. The number of hydrogen-bond donors (Lipinski definition) is 1. The van der Waals surface area contributed by atoms with Crippen molar-refractivity contribution in [2.75, 3.05) is 20.2 Å². The molecule has 0 atom stereocenters. The molecule has 0 bridgehead atoms. The Bertz CT molecular complexity index is 498. The van der Waals surface area contributed by atoms with E-state index in [1.807, 2.05) is 18.2 Å². The maximum absolute atomic E-state index is 9.10. The second-order valence-electron chi connectivity index (χ2n) is 5.25. The maximum Gasteiger partial charge on any atom is 0.136 e. The van der Waals surface area contributed by atoms with Gasteiger partial charge in [-0.25, -0.2) is 0 Å². The first kappa shape index (κ1) is 16.3. The fourth-order valence-corrected chi connectivity index (χ4v) is 1.94. The summed E-state index contributed by atoms with van der Waals surface area (Å²) in [7, 11) is 1.58. The zero-order valence-electron chi connectivity index (χ0n) is 12.9. The highest BCUT2D eigenvalue weighted by Gasteiger charge is 2.03. The van der Waals surface area contributed by atoms with Gasteiger partial charge in [0.25, 0.3) is 0 Å². The predicted octanol–water partition coefficient (Wildman–Crippen LogP) is 3.61. The van der Waals surface area contributed by atoms with Crippen LogP contribution in [0.15, 0.2) is 23.8 Å². The highest BCUT2D eigenvalue weighted by molar-refractivity contribution is 5.58. The Balaban J connectivity index is 2.82. The number of nitriles is 1. The summed E-state index contributed by atoms with van der Waals surface area (Å²) in [5.41, 5.74) is 2.96. The zero-order chi connectivity index (χ0) is 15.0. The van der Waals surface area contributed by atoms with Crippen LogP contribution in [0.5, 0.6) is 5.75 Å². The van der Waals surface area contributed by atoms with Crippen molar-refractivity contribution in [2.24, 2.45) is 5.92 Å². The summed E-state index contributed by atoms with van der Waals surface area (Å²) in [6, 6.07) is 7.87. The van der Waals surface area contributed by atoms with E-state index in [0.717, 1.165) is 25.1 Å². The summed E-state index contributed by atoms with van der Waals surface area (Å²) >= 11 is 0. The van der Waals surface area contributed by atoms with Crippen LogP contribution in [0.3, 0.4) is 0 Å². The summed E-state index contributed by atoms with van der Waals surface area (Å²) < 4.78 is 5.16. The maximum atomic E-state index is 9.10. The van der Waals surface area contributed by atoms with Gasteiger partial charge in [-0.1, -0.05) is 38.5 Å². The number of hydrogen-bond acceptors (Lipinski definition) is 3. The largest absolute Gasteiger partial charge is 0.495 e. The highest BCUT2D eigenvalue weighted by Crippen LogP contribution is 2.20. The van der Waals surface area contributed by atoms with Crippen LogP contribution in [0.2, 0.25) is 0 Å². The Morgan fingerprint density at radius 2 is 2.20 bits per heavy atom.